The van der Waals surface area contributed by atoms with E-state index in [0.717, 1.165) is 47.5 Å². The number of ether oxygens (including phenoxy) is 2. The highest BCUT2D eigenvalue weighted by atomic mass is 32.1. The van der Waals surface area contributed by atoms with Gasteiger partial charge in [-0.25, -0.2) is 14.6 Å². The summed E-state index contributed by atoms with van der Waals surface area (Å²) in [5.74, 6) is -2.12. The van der Waals surface area contributed by atoms with Gasteiger partial charge in [0.05, 0.1) is 12.2 Å². The van der Waals surface area contributed by atoms with E-state index in [2.05, 4.69) is 15.6 Å². The Bertz CT molecular complexity index is 1010. The van der Waals surface area contributed by atoms with E-state index in [1.54, 1.807) is 6.92 Å². The summed E-state index contributed by atoms with van der Waals surface area (Å²) < 4.78 is 10.4. The van der Waals surface area contributed by atoms with Gasteiger partial charge in [-0.2, -0.15) is 0 Å². The van der Waals surface area contributed by atoms with Gasteiger partial charge in [-0.15, -0.1) is 22.7 Å². The maximum atomic E-state index is 12.7. The van der Waals surface area contributed by atoms with Crippen LogP contribution in [0.4, 0.5) is 10.1 Å². The number of rotatable bonds is 7. The fourth-order valence-electron chi connectivity index (χ4n) is 3.14. The molecule has 2 aromatic heterocycles. The Morgan fingerprint density at radius 2 is 1.90 bits per heavy atom. The maximum Gasteiger partial charge on any atom is 0.358 e. The lowest BCUT2D eigenvalue weighted by atomic mass is 9.95. The van der Waals surface area contributed by atoms with Gasteiger partial charge in [-0.3, -0.25) is 9.59 Å². The number of aromatic nitrogens is 1. The Morgan fingerprint density at radius 1 is 1.16 bits per heavy atom. The highest BCUT2D eigenvalue weighted by Gasteiger charge is 2.29. The Morgan fingerprint density at radius 3 is 2.61 bits per heavy atom. The van der Waals surface area contributed by atoms with Gasteiger partial charge in [0, 0.05) is 17.2 Å². The molecular formula is C20H23N3O6S2. The number of amides is 2. The number of esters is 2. The monoisotopic (exact) mass is 465 g/mol. The molecule has 9 nitrogen and oxygen atoms in total. The molecule has 2 N–H and O–H groups in total. The molecule has 1 aliphatic rings. The van der Waals surface area contributed by atoms with Crippen LogP contribution >= 0.6 is 22.7 Å². The first-order valence-electron chi connectivity index (χ1n) is 9.86. The van der Waals surface area contributed by atoms with Crippen LogP contribution in [0, 0.1) is 0 Å². The first-order chi connectivity index (χ1) is 14.8. The van der Waals surface area contributed by atoms with Gasteiger partial charge in [0.25, 0.3) is 5.91 Å². The molecular weight excluding hydrogens is 442 g/mol. The van der Waals surface area contributed by atoms with Crippen LogP contribution < -0.4 is 10.6 Å². The van der Waals surface area contributed by atoms with Gasteiger partial charge in [0.2, 0.25) is 5.91 Å². The van der Waals surface area contributed by atoms with E-state index < -0.39 is 23.9 Å². The molecule has 2 heterocycles. The quantitative estimate of drug-likeness (QED) is 0.601. The normalized spacial score (nSPS) is 13.6. The zero-order valence-electron chi connectivity index (χ0n) is 17.4. The lowest BCUT2D eigenvalue weighted by Crippen LogP contribution is -2.30. The number of fused-ring (bicyclic) bond motifs is 1. The van der Waals surface area contributed by atoms with Crippen molar-refractivity contribution in [1.82, 2.24) is 4.98 Å². The fraction of sp³-hybridized carbons (Fsp3) is 0.450. The molecule has 31 heavy (non-hydrogen) atoms. The van der Waals surface area contributed by atoms with Crippen LogP contribution in [0.2, 0.25) is 0 Å². The molecule has 2 amide bonds. The standard InChI is InChI=1S/C20H23N3O6S2/c1-4-28-19(27)15-12-7-5-6-8-14(12)31-17(15)23-16(25)10(2)29-18(26)13-9-30-20(22-13)21-11(3)24/h9-10H,4-8H2,1-3H3,(H,23,25)(H,21,22,24). The highest BCUT2D eigenvalue weighted by Crippen LogP contribution is 2.38. The van der Waals surface area contributed by atoms with E-state index in [-0.39, 0.29) is 23.3 Å². The molecule has 0 bridgehead atoms. The number of carbonyl (C=O) groups is 4. The highest BCUT2D eigenvalue weighted by molar-refractivity contribution is 7.17. The minimum absolute atomic E-state index is 0.00722. The Hall–Kier alpha value is -2.79. The first-order valence-corrected chi connectivity index (χ1v) is 11.6. The van der Waals surface area contributed by atoms with Crippen LogP contribution in [0.25, 0.3) is 0 Å². The summed E-state index contributed by atoms with van der Waals surface area (Å²) in [4.78, 5) is 53.6. The number of anilines is 2. The number of hydrogen-bond donors (Lipinski definition) is 2. The lowest BCUT2D eigenvalue weighted by molar-refractivity contribution is -0.123. The zero-order valence-corrected chi connectivity index (χ0v) is 19.0. The molecule has 1 unspecified atom stereocenters. The summed E-state index contributed by atoms with van der Waals surface area (Å²) in [7, 11) is 0. The van der Waals surface area contributed by atoms with Crippen LogP contribution in [0.15, 0.2) is 5.38 Å². The van der Waals surface area contributed by atoms with Gasteiger partial charge in [0.1, 0.15) is 5.00 Å². The second kappa shape index (κ2) is 10.0. The second-order valence-electron chi connectivity index (χ2n) is 6.89. The number of thiophene rings is 1. The topological polar surface area (TPSA) is 124 Å². The molecule has 2 aromatic rings. The average molecular weight is 466 g/mol. The van der Waals surface area contributed by atoms with Gasteiger partial charge in [0.15, 0.2) is 16.9 Å². The third-order valence-corrected chi connectivity index (χ3v) is 6.50. The van der Waals surface area contributed by atoms with E-state index >= 15 is 0 Å². The molecule has 0 aliphatic heterocycles. The summed E-state index contributed by atoms with van der Waals surface area (Å²) in [5, 5.41) is 7.32. The summed E-state index contributed by atoms with van der Waals surface area (Å²) >= 11 is 2.44. The fourth-order valence-corrected chi connectivity index (χ4v) is 5.14. The van der Waals surface area contributed by atoms with Crippen molar-refractivity contribution in [1.29, 1.82) is 0 Å². The number of nitrogens with zero attached hydrogens (tertiary/aromatic N) is 1. The van der Waals surface area contributed by atoms with E-state index in [0.29, 0.717) is 10.6 Å². The molecule has 3 rings (SSSR count). The van der Waals surface area contributed by atoms with E-state index in [1.165, 1.54) is 30.6 Å². The Kier molecular flexibility index (Phi) is 7.39. The minimum atomic E-state index is -1.12. The molecule has 1 atom stereocenters. The predicted molar refractivity (Wildman–Crippen MR) is 117 cm³/mol. The molecule has 166 valence electrons. The molecule has 0 fully saturated rings. The number of aryl methyl sites for hydroxylation is 1. The molecule has 0 spiro atoms. The average Bonchev–Trinajstić information content (AvgIpc) is 3.31. The largest absolute Gasteiger partial charge is 0.462 e. The smallest absolute Gasteiger partial charge is 0.358 e. The summed E-state index contributed by atoms with van der Waals surface area (Å²) in [6, 6.07) is 0. The maximum absolute atomic E-state index is 12.7. The summed E-state index contributed by atoms with van der Waals surface area (Å²) in [5.41, 5.74) is 1.32. The third kappa shape index (κ3) is 5.47. The van der Waals surface area contributed by atoms with E-state index in [9.17, 15) is 19.2 Å². The third-order valence-electron chi connectivity index (χ3n) is 4.54. The number of carbonyl (C=O) groups excluding carboxylic acids is 4. The number of thiazole rings is 1. The molecule has 0 saturated heterocycles. The van der Waals surface area contributed by atoms with Crippen LogP contribution in [0.1, 0.15) is 64.9 Å². The molecule has 0 radical (unpaired) electrons. The van der Waals surface area contributed by atoms with E-state index in [4.69, 9.17) is 9.47 Å². The summed E-state index contributed by atoms with van der Waals surface area (Å²) in [6.45, 7) is 4.73. The first kappa shape index (κ1) is 22.9. The second-order valence-corrected chi connectivity index (χ2v) is 8.85. The van der Waals surface area contributed by atoms with Crippen molar-refractivity contribution in [2.45, 2.75) is 52.6 Å². The van der Waals surface area contributed by atoms with Gasteiger partial charge < -0.3 is 20.1 Å². The number of hydrogen-bond acceptors (Lipinski definition) is 9. The van der Waals surface area contributed by atoms with Gasteiger partial charge in [-0.05, 0) is 45.1 Å². The van der Waals surface area contributed by atoms with Crippen molar-refractivity contribution in [3.05, 3.63) is 27.1 Å². The SMILES string of the molecule is CCOC(=O)c1c(NC(=O)C(C)OC(=O)c2csc(NC(C)=O)n2)sc2c1CCCC2. The van der Waals surface area contributed by atoms with E-state index in [1.807, 2.05) is 0 Å². The van der Waals surface area contributed by atoms with Crippen molar-refractivity contribution >= 4 is 56.6 Å². The molecule has 1 aliphatic carbocycles. The van der Waals surface area contributed by atoms with Crippen molar-refractivity contribution in [3.63, 3.8) is 0 Å². The van der Waals surface area contributed by atoms with Crippen molar-refractivity contribution in [2.75, 3.05) is 17.2 Å². The lowest BCUT2D eigenvalue weighted by Gasteiger charge is -2.14. The van der Waals surface area contributed by atoms with Crippen LogP contribution in [-0.2, 0) is 31.9 Å². The summed E-state index contributed by atoms with van der Waals surface area (Å²) in [6.07, 6.45) is 2.51. The predicted octanol–water partition coefficient (Wildman–Crippen LogP) is 3.40. The number of nitrogens with one attached hydrogen (secondary N) is 2. The molecule has 0 saturated carbocycles. The zero-order chi connectivity index (χ0) is 22.5. The van der Waals surface area contributed by atoms with Gasteiger partial charge >= 0.3 is 11.9 Å². The minimum Gasteiger partial charge on any atom is -0.462 e. The van der Waals surface area contributed by atoms with Crippen LogP contribution in [-0.4, -0.2) is 41.4 Å². The Labute approximate surface area is 187 Å². The molecule has 0 aromatic carbocycles. The Balaban J connectivity index is 1.70. The molecule has 11 heteroatoms. The van der Waals surface area contributed by atoms with Crippen molar-refractivity contribution < 1.29 is 28.7 Å². The van der Waals surface area contributed by atoms with Crippen molar-refractivity contribution in [3.8, 4) is 0 Å². The van der Waals surface area contributed by atoms with Crippen molar-refractivity contribution in [2.24, 2.45) is 0 Å². The van der Waals surface area contributed by atoms with Crippen LogP contribution in [0.5, 0.6) is 0 Å². The van der Waals surface area contributed by atoms with Crippen LogP contribution in [0.3, 0.4) is 0 Å². The van der Waals surface area contributed by atoms with Gasteiger partial charge in [-0.1, -0.05) is 0 Å².